The Balaban J connectivity index is 2.07. The molecule has 0 amide bonds. The molecule has 2 aromatic heterocycles. The van der Waals surface area contributed by atoms with Gasteiger partial charge in [-0.05, 0) is 37.9 Å². The van der Waals surface area contributed by atoms with E-state index in [0.717, 1.165) is 36.2 Å². The maximum atomic E-state index is 10.9. The van der Waals surface area contributed by atoms with Crippen LogP contribution in [-0.2, 0) is 17.8 Å². The van der Waals surface area contributed by atoms with Crippen molar-refractivity contribution in [2.75, 3.05) is 6.54 Å². The number of hydrogen-bond acceptors (Lipinski definition) is 4. The number of carboxylic acids is 1. The summed E-state index contributed by atoms with van der Waals surface area (Å²) in [4.78, 5) is 15.0. The number of hydrogen-bond donors (Lipinski definition) is 2. The van der Waals surface area contributed by atoms with Crippen LogP contribution in [0.5, 0.6) is 0 Å². The van der Waals surface area contributed by atoms with E-state index in [0.29, 0.717) is 13.1 Å². The molecule has 1 aliphatic carbocycles. The molecular formula is C16H20N4O2. The molecule has 22 heavy (non-hydrogen) atoms. The van der Waals surface area contributed by atoms with Gasteiger partial charge in [-0.15, -0.1) is 0 Å². The molecule has 1 atom stereocenters. The zero-order valence-corrected chi connectivity index (χ0v) is 12.4. The highest BCUT2D eigenvalue weighted by Gasteiger charge is 2.28. The summed E-state index contributed by atoms with van der Waals surface area (Å²) in [7, 11) is 0. The second kappa shape index (κ2) is 6.27. The van der Waals surface area contributed by atoms with Crippen molar-refractivity contribution in [3.8, 4) is 11.3 Å². The van der Waals surface area contributed by atoms with Crippen LogP contribution in [0.3, 0.4) is 0 Å². The number of aryl methyl sites for hydroxylation is 1. The Labute approximate surface area is 129 Å². The molecule has 116 valence electrons. The van der Waals surface area contributed by atoms with E-state index < -0.39 is 5.97 Å². The van der Waals surface area contributed by atoms with Crippen LogP contribution in [0.15, 0.2) is 24.5 Å². The van der Waals surface area contributed by atoms with Crippen LogP contribution in [0, 0.1) is 0 Å². The minimum atomic E-state index is -0.807. The molecule has 1 unspecified atom stereocenters. The summed E-state index contributed by atoms with van der Waals surface area (Å²) in [5.41, 5.74) is 10.1. The predicted octanol–water partition coefficient (Wildman–Crippen LogP) is 1.80. The van der Waals surface area contributed by atoms with Gasteiger partial charge in [-0.2, -0.15) is 5.10 Å². The van der Waals surface area contributed by atoms with Crippen LogP contribution in [0.1, 0.15) is 36.4 Å². The van der Waals surface area contributed by atoms with E-state index in [2.05, 4.69) is 10.1 Å². The summed E-state index contributed by atoms with van der Waals surface area (Å²) in [6.07, 6.45) is 6.66. The van der Waals surface area contributed by atoms with E-state index in [-0.39, 0.29) is 12.3 Å². The summed E-state index contributed by atoms with van der Waals surface area (Å²) in [5, 5.41) is 13.6. The molecule has 1 aliphatic rings. The van der Waals surface area contributed by atoms with E-state index in [1.165, 1.54) is 5.56 Å². The number of nitrogens with zero attached hydrogens (tertiary/aromatic N) is 3. The normalized spacial score (nSPS) is 17.2. The lowest BCUT2D eigenvalue weighted by Crippen LogP contribution is -2.20. The molecule has 0 bridgehead atoms. The summed E-state index contributed by atoms with van der Waals surface area (Å²) >= 11 is 0. The maximum absolute atomic E-state index is 10.9. The van der Waals surface area contributed by atoms with Crippen LogP contribution >= 0.6 is 0 Å². The van der Waals surface area contributed by atoms with Crippen molar-refractivity contribution in [3.05, 3.63) is 35.8 Å². The summed E-state index contributed by atoms with van der Waals surface area (Å²) in [6, 6.07) is 3.87. The van der Waals surface area contributed by atoms with Crippen molar-refractivity contribution >= 4 is 5.97 Å². The van der Waals surface area contributed by atoms with Gasteiger partial charge < -0.3 is 10.8 Å². The molecule has 0 spiro atoms. The quantitative estimate of drug-likeness (QED) is 0.878. The molecule has 0 fully saturated rings. The maximum Gasteiger partial charge on any atom is 0.305 e. The fraction of sp³-hybridized carbons (Fsp3) is 0.438. The van der Waals surface area contributed by atoms with E-state index in [9.17, 15) is 4.79 Å². The van der Waals surface area contributed by atoms with E-state index in [1.807, 2.05) is 16.8 Å². The molecule has 0 saturated carbocycles. The Bertz CT molecular complexity index is 666. The number of aliphatic carboxylic acids is 1. The minimum Gasteiger partial charge on any atom is -0.481 e. The molecule has 0 saturated heterocycles. The van der Waals surface area contributed by atoms with Crippen LogP contribution in [-0.4, -0.2) is 32.4 Å². The van der Waals surface area contributed by atoms with Gasteiger partial charge in [0.25, 0.3) is 0 Å². The SMILES string of the molecule is NCC1CCCc2c1c(-c1cccnc1)nn2CCC(=O)O. The lowest BCUT2D eigenvalue weighted by molar-refractivity contribution is -0.137. The number of pyridine rings is 1. The first-order valence-electron chi connectivity index (χ1n) is 7.62. The number of carbonyl (C=O) groups is 1. The zero-order valence-electron chi connectivity index (χ0n) is 12.4. The topological polar surface area (TPSA) is 94.0 Å². The van der Waals surface area contributed by atoms with Gasteiger partial charge >= 0.3 is 5.97 Å². The largest absolute Gasteiger partial charge is 0.481 e. The third kappa shape index (κ3) is 2.74. The summed E-state index contributed by atoms with van der Waals surface area (Å²) < 4.78 is 1.85. The molecule has 2 heterocycles. The number of nitrogens with two attached hydrogens (primary N) is 1. The summed E-state index contributed by atoms with van der Waals surface area (Å²) in [6.45, 7) is 0.986. The lowest BCUT2D eigenvalue weighted by atomic mass is 9.84. The highest BCUT2D eigenvalue weighted by Crippen LogP contribution is 2.37. The number of carboxylic acid groups (broad SMARTS) is 1. The average molecular weight is 300 g/mol. The molecule has 6 heteroatoms. The first-order valence-corrected chi connectivity index (χ1v) is 7.62. The molecule has 2 aromatic rings. The molecule has 0 aromatic carbocycles. The number of rotatable bonds is 5. The van der Waals surface area contributed by atoms with Crippen LogP contribution in [0.4, 0.5) is 0 Å². The Morgan fingerprint density at radius 1 is 1.50 bits per heavy atom. The zero-order chi connectivity index (χ0) is 15.5. The molecular weight excluding hydrogens is 280 g/mol. The minimum absolute atomic E-state index is 0.0773. The second-order valence-electron chi connectivity index (χ2n) is 5.64. The van der Waals surface area contributed by atoms with E-state index in [4.69, 9.17) is 10.8 Å². The van der Waals surface area contributed by atoms with Crippen molar-refractivity contribution in [2.24, 2.45) is 5.73 Å². The van der Waals surface area contributed by atoms with Gasteiger partial charge in [0.15, 0.2) is 0 Å². The Morgan fingerprint density at radius 2 is 2.36 bits per heavy atom. The number of fused-ring (bicyclic) bond motifs is 1. The third-order valence-corrected chi connectivity index (χ3v) is 4.23. The monoisotopic (exact) mass is 300 g/mol. The van der Waals surface area contributed by atoms with Crippen LogP contribution < -0.4 is 5.73 Å². The standard InChI is InChI=1S/C16H20N4O2/c17-9-11-3-1-5-13-15(11)16(12-4-2-7-18-10-12)19-20(13)8-6-14(21)22/h2,4,7,10-11H,1,3,5-6,8-9,17H2,(H,21,22). The summed E-state index contributed by atoms with van der Waals surface area (Å²) in [5.74, 6) is -0.518. The van der Waals surface area contributed by atoms with E-state index >= 15 is 0 Å². The van der Waals surface area contributed by atoms with Crippen LogP contribution in [0.25, 0.3) is 11.3 Å². The Morgan fingerprint density at radius 3 is 3.05 bits per heavy atom. The van der Waals surface area contributed by atoms with Gasteiger partial charge in [-0.25, -0.2) is 0 Å². The molecule has 0 aliphatic heterocycles. The van der Waals surface area contributed by atoms with Crippen molar-refractivity contribution in [3.63, 3.8) is 0 Å². The van der Waals surface area contributed by atoms with Gasteiger partial charge in [0.2, 0.25) is 0 Å². The molecule has 3 rings (SSSR count). The lowest BCUT2D eigenvalue weighted by Gasteiger charge is -2.22. The highest BCUT2D eigenvalue weighted by atomic mass is 16.4. The molecule has 6 nitrogen and oxygen atoms in total. The fourth-order valence-corrected chi connectivity index (χ4v) is 3.20. The highest BCUT2D eigenvalue weighted by molar-refractivity contribution is 5.67. The Hall–Kier alpha value is -2.21. The van der Waals surface area contributed by atoms with Gasteiger partial charge in [-0.3, -0.25) is 14.5 Å². The third-order valence-electron chi connectivity index (χ3n) is 4.23. The first-order chi connectivity index (χ1) is 10.7. The average Bonchev–Trinajstić information content (AvgIpc) is 2.92. The van der Waals surface area contributed by atoms with Crippen LogP contribution in [0.2, 0.25) is 0 Å². The first kappa shape index (κ1) is 14.7. The smallest absolute Gasteiger partial charge is 0.305 e. The number of aromatic nitrogens is 3. The van der Waals surface area contributed by atoms with Gasteiger partial charge in [0.1, 0.15) is 0 Å². The second-order valence-corrected chi connectivity index (χ2v) is 5.64. The fourth-order valence-electron chi connectivity index (χ4n) is 3.20. The molecule has 3 N–H and O–H groups in total. The van der Waals surface area contributed by atoms with E-state index in [1.54, 1.807) is 12.4 Å². The van der Waals surface area contributed by atoms with Crippen molar-refractivity contribution in [2.45, 2.75) is 38.1 Å². The predicted molar refractivity (Wildman–Crippen MR) is 82.4 cm³/mol. The van der Waals surface area contributed by atoms with Crippen molar-refractivity contribution in [1.82, 2.24) is 14.8 Å². The van der Waals surface area contributed by atoms with Gasteiger partial charge in [0, 0.05) is 35.1 Å². The Kier molecular flexibility index (Phi) is 4.20. The van der Waals surface area contributed by atoms with Gasteiger partial charge in [-0.1, -0.05) is 0 Å². The molecule has 0 radical (unpaired) electrons. The van der Waals surface area contributed by atoms with Crippen molar-refractivity contribution < 1.29 is 9.90 Å². The van der Waals surface area contributed by atoms with Gasteiger partial charge in [0.05, 0.1) is 18.7 Å². The van der Waals surface area contributed by atoms with Crippen molar-refractivity contribution in [1.29, 1.82) is 0 Å².